The Morgan fingerprint density at radius 2 is 1.94 bits per heavy atom. The lowest BCUT2D eigenvalue weighted by molar-refractivity contribution is 0.830. The van der Waals surface area contributed by atoms with Crippen LogP contribution in [-0.2, 0) is 0 Å². The fraction of sp³-hybridized carbons (Fsp3) is 0.286. The van der Waals surface area contributed by atoms with Crippen molar-refractivity contribution < 1.29 is 0 Å². The van der Waals surface area contributed by atoms with E-state index in [2.05, 4.69) is 22.2 Å². The number of hydrogen-bond donors (Lipinski definition) is 1. The van der Waals surface area contributed by atoms with Gasteiger partial charge in [-0.15, -0.1) is 0 Å². The van der Waals surface area contributed by atoms with Crippen LogP contribution in [0.3, 0.4) is 0 Å². The van der Waals surface area contributed by atoms with Crippen molar-refractivity contribution in [2.45, 2.75) is 19.8 Å². The molecule has 0 saturated carbocycles. The van der Waals surface area contributed by atoms with Crippen molar-refractivity contribution in [1.29, 1.82) is 0 Å². The number of halogens is 1. The first-order valence-electron chi connectivity index (χ1n) is 6.13. The fourth-order valence-corrected chi connectivity index (χ4v) is 1.80. The van der Waals surface area contributed by atoms with E-state index >= 15 is 0 Å². The smallest absolute Gasteiger partial charge is 0.163 e. The molecule has 1 N–H and O–H groups in total. The molecule has 94 valence electrons. The van der Waals surface area contributed by atoms with Crippen LogP contribution in [0.1, 0.15) is 19.8 Å². The Bertz CT molecular complexity index is 500. The molecule has 18 heavy (non-hydrogen) atoms. The molecule has 1 aromatic heterocycles. The van der Waals surface area contributed by atoms with Gasteiger partial charge in [-0.05, 0) is 6.42 Å². The molecule has 0 aliphatic rings. The van der Waals surface area contributed by atoms with Crippen molar-refractivity contribution in [1.82, 2.24) is 9.97 Å². The van der Waals surface area contributed by atoms with Gasteiger partial charge in [-0.2, -0.15) is 0 Å². The molecule has 2 rings (SSSR count). The van der Waals surface area contributed by atoms with Gasteiger partial charge in [0, 0.05) is 18.2 Å². The molecule has 0 spiro atoms. The molecule has 4 heteroatoms. The minimum Gasteiger partial charge on any atom is -0.370 e. The van der Waals surface area contributed by atoms with Crippen LogP contribution in [-0.4, -0.2) is 16.5 Å². The first-order chi connectivity index (χ1) is 8.79. The van der Waals surface area contributed by atoms with E-state index in [1.54, 1.807) is 6.07 Å². The van der Waals surface area contributed by atoms with Crippen molar-refractivity contribution in [2.75, 3.05) is 11.9 Å². The monoisotopic (exact) mass is 261 g/mol. The van der Waals surface area contributed by atoms with Gasteiger partial charge >= 0.3 is 0 Å². The summed E-state index contributed by atoms with van der Waals surface area (Å²) in [6.45, 7) is 3.06. The summed E-state index contributed by atoms with van der Waals surface area (Å²) in [5, 5.41) is 3.72. The summed E-state index contributed by atoms with van der Waals surface area (Å²) in [4.78, 5) is 8.72. The lowest BCUT2D eigenvalue weighted by atomic mass is 10.2. The van der Waals surface area contributed by atoms with Gasteiger partial charge in [0.2, 0.25) is 0 Å². The minimum atomic E-state index is 0.461. The minimum absolute atomic E-state index is 0.461. The zero-order chi connectivity index (χ0) is 12.8. The highest BCUT2D eigenvalue weighted by atomic mass is 35.5. The predicted molar refractivity (Wildman–Crippen MR) is 75.9 cm³/mol. The van der Waals surface area contributed by atoms with Crippen molar-refractivity contribution in [2.24, 2.45) is 0 Å². The highest BCUT2D eigenvalue weighted by Crippen LogP contribution is 2.19. The maximum atomic E-state index is 6.02. The summed E-state index contributed by atoms with van der Waals surface area (Å²) in [7, 11) is 0. The number of anilines is 1. The first kappa shape index (κ1) is 12.8. The third kappa shape index (κ3) is 3.44. The number of hydrogen-bond acceptors (Lipinski definition) is 3. The molecule has 3 nitrogen and oxygen atoms in total. The molecular weight excluding hydrogens is 246 g/mol. The van der Waals surface area contributed by atoms with Crippen molar-refractivity contribution >= 4 is 17.4 Å². The Balaban J connectivity index is 2.21. The Labute approximate surface area is 112 Å². The van der Waals surface area contributed by atoms with E-state index in [9.17, 15) is 0 Å². The number of aromatic nitrogens is 2. The van der Waals surface area contributed by atoms with Crippen LogP contribution in [0.2, 0.25) is 5.15 Å². The molecule has 0 fully saturated rings. The van der Waals surface area contributed by atoms with E-state index in [0.717, 1.165) is 30.8 Å². The van der Waals surface area contributed by atoms with Crippen LogP contribution < -0.4 is 5.32 Å². The molecule has 0 aliphatic heterocycles. The number of nitrogens with zero attached hydrogens (tertiary/aromatic N) is 2. The summed E-state index contributed by atoms with van der Waals surface area (Å²) >= 11 is 6.02. The molecule has 0 radical (unpaired) electrons. The molecule has 0 amide bonds. The van der Waals surface area contributed by atoms with Crippen LogP contribution in [0.4, 0.5) is 5.82 Å². The number of benzene rings is 1. The highest BCUT2D eigenvalue weighted by molar-refractivity contribution is 6.29. The Morgan fingerprint density at radius 3 is 2.67 bits per heavy atom. The molecular formula is C14H16ClN3. The Kier molecular flexibility index (Phi) is 4.53. The van der Waals surface area contributed by atoms with E-state index < -0.39 is 0 Å². The molecule has 1 aromatic carbocycles. The normalized spacial score (nSPS) is 10.3. The first-order valence-corrected chi connectivity index (χ1v) is 6.51. The SMILES string of the molecule is CCCCNc1cc(Cl)nc(-c2ccccc2)n1. The quantitative estimate of drug-likeness (QED) is 0.653. The number of unbranched alkanes of at least 4 members (excludes halogenated alkanes) is 1. The van der Waals surface area contributed by atoms with E-state index in [4.69, 9.17) is 11.6 Å². The molecule has 1 heterocycles. The van der Waals surface area contributed by atoms with Crippen LogP contribution >= 0.6 is 11.6 Å². The van der Waals surface area contributed by atoms with Crippen LogP contribution in [0.25, 0.3) is 11.4 Å². The molecule has 0 atom stereocenters. The largest absolute Gasteiger partial charge is 0.370 e. The van der Waals surface area contributed by atoms with Gasteiger partial charge < -0.3 is 5.32 Å². The molecule has 0 aliphatic carbocycles. The van der Waals surface area contributed by atoms with Gasteiger partial charge in [0.1, 0.15) is 11.0 Å². The van der Waals surface area contributed by atoms with Crippen LogP contribution in [0.15, 0.2) is 36.4 Å². The Hall–Kier alpha value is -1.61. The predicted octanol–water partition coefficient (Wildman–Crippen LogP) is 4.01. The summed E-state index contributed by atoms with van der Waals surface area (Å²) in [5.41, 5.74) is 0.971. The van der Waals surface area contributed by atoms with Crippen molar-refractivity contribution in [3.8, 4) is 11.4 Å². The van der Waals surface area contributed by atoms with Crippen LogP contribution in [0, 0.1) is 0 Å². The second kappa shape index (κ2) is 6.36. The molecule has 0 unspecified atom stereocenters. The van der Waals surface area contributed by atoms with Gasteiger partial charge in [-0.25, -0.2) is 9.97 Å². The standard InChI is InChI=1S/C14H16ClN3/c1-2-3-9-16-13-10-12(15)17-14(18-13)11-7-5-4-6-8-11/h4-8,10H,2-3,9H2,1H3,(H,16,17,18). The maximum Gasteiger partial charge on any atom is 0.163 e. The van der Waals surface area contributed by atoms with Gasteiger partial charge in [0.25, 0.3) is 0 Å². The van der Waals surface area contributed by atoms with E-state index in [0.29, 0.717) is 11.0 Å². The van der Waals surface area contributed by atoms with E-state index in [-0.39, 0.29) is 0 Å². The number of rotatable bonds is 5. The summed E-state index contributed by atoms with van der Waals surface area (Å²) in [5.74, 6) is 1.43. The van der Waals surface area contributed by atoms with Gasteiger partial charge in [0.05, 0.1) is 0 Å². The zero-order valence-corrected chi connectivity index (χ0v) is 11.1. The lowest BCUT2D eigenvalue weighted by Gasteiger charge is -2.07. The number of nitrogens with one attached hydrogen (secondary N) is 1. The summed E-state index contributed by atoms with van der Waals surface area (Å²) in [6.07, 6.45) is 2.26. The van der Waals surface area contributed by atoms with Gasteiger partial charge in [0.15, 0.2) is 5.82 Å². The third-order valence-electron chi connectivity index (χ3n) is 2.56. The van der Waals surface area contributed by atoms with Crippen molar-refractivity contribution in [3.63, 3.8) is 0 Å². The average Bonchev–Trinajstić information content (AvgIpc) is 2.39. The maximum absolute atomic E-state index is 6.02. The summed E-state index contributed by atoms with van der Waals surface area (Å²) < 4.78 is 0. The van der Waals surface area contributed by atoms with Crippen molar-refractivity contribution in [3.05, 3.63) is 41.6 Å². The highest BCUT2D eigenvalue weighted by Gasteiger charge is 2.04. The Morgan fingerprint density at radius 1 is 1.17 bits per heavy atom. The van der Waals surface area contributed by atoms with Gasteiger partial charge in [-0.3, -0.25) is 0 Å². The topological polar surface area (TPSA) is 37.8 Å². The van der Waals surface area contributed by atoms with Crippen LogP contribution in [0.5, 0.6) is 0 Å². The summed E-state index contributed by atoms with van der Waals surface area (Å²) in [6, 6.07) is 11.6. The van der Waals surface area contributed by atoms with E-state index in [1.807, 2.05) is 30.3 Å². The molecule has 2 aromatic rings. The second-order valence-corrected chi connectivity index (χ2v) is 4.43. The molecule has 0 bridgehead atoms. The average molecular weight is 262 g/mol. The van der Waals surface area contributed by atoms with Gasteiger partial charge in [-0.1, -0.05) is 55.3 Å². The molecule has 0 saturated heterocycles. The zero-order valence-electron chi connectivity index (χ0n) is 10.4. The fourth-order valence-electron chi connectivity index (χ4n) is 1.62. The second-order valence-electron chi connectivity index (χ2n) is 4.05. The van der Waals surface area contributed by atoms with E-state index in [1.165, 1.54) is 0 Å². The lowest BCUT2D eigenvalue weighted by Crippen LogP contribution is -2.04. The third-order valence-corrected chi connectivity index (χ3v) is 2.76.